The van der Waals surface area contributed by atoms with Crippen molar-refractivity contribution in [1.29, 1.82) is 0 Å². The standard InChI is InChI=1S/C12H13NO3S2/c14-10(15)2-1-8-3-6-18-11(8)12(16)13-9-4-5-17-7-9/h1-3,6,9H,4-5,7H2,(H,13,16)(H,14,15)/b2-1+. The Hall–Kier alpha value is -1.27. The van der Waals surface area contributed by atoms with Gasteiger partial charge in [-0.15, -0.1) is 11.3 Å². The van der Waals surface area contributed by atoms with Crippen LogP contribution in [0.5, 0.6) is 0 Å². The van der Waals surface area contributed by atoms with Crippen molar-refractivity contribution in [3.05, 3.63) is 28.0 Å². The van der Waals surface area contributed by atoms with Crippen LogP contribution in [0.25, 0.3) is 6.08 Å². The Morgan fingerprint density at radius 2 is 2.33 bits per heavy atom. The second-order valence-electron chi connectivity index (χ2n) is 3.91. The fourth-order valence-electron chi connectivity index (χ4n) is 1.70. The van der Waals surface area contributed by atoms with E-state index < -0.39 is 5.97 Å². The van der Waals surface area contributed by atoms with Gasteiger partial charge in [0.2, 0.25) is 0 Å². The largest absolute Gasteiger partial charge is 0.478 e. The third kappa shape index (κ3) is 3.36. The van der Waals surface area contributed by atoms with Crippen LogP contribution in [0.4, 0.5) is 0 Å². The first-order chi connectivity index (χ1) is 8.66. The molecule has 0 spiro atoms. The van der Waals surface area contributed by atoms with Crippen molar-refractivity contribution < 1.29 is 14.7 Å². The maximum Gasteiger partial charge on any atom is 0.328 e. The Kier molecular flexibility index (Phi) is 4.43. The number of carboxylic acids is 1. The van der Waals surface area contributed by atoms with Gasteiger partial charge in [0, 0.05) is 17.9 Å². The van der Waals surface area contributed by atoms with E-state index in [1.807, 2.05) is 11.8 Å². The molecule has 0 bridgehead atoms. The molecule has 1 saturated heterocycles. The van der Waals surface area contributed by atoms with E-state index in [-0.39, 0.29) is 11.9 Å². The van der Waals surface area contributed by atoms with Gasteiger partial charge >= 0.3 is 5.97 Å². The number of carbonyl (C=O) groups is 2. The highest BCUT2D eigenvalue weighted by atomic mass is 32.2. The van der Waals surface area contributed by atoms with E-state index >= 15 is 0 Å². The van der Waals surface area contributed by atoms with E-state index in [2.05, 4.69) is 5.32 Å². The number of aliphatic carboxylic acids is 1. The normalized spacial score (nSPS) is 19.2. The summed E-state index contributed by atoms with van der Waals surface area (Å²) in [5.74, 6) is 0.917. The number of carboxylic acid groups (broad SMARTS) is 1. The SMILES string of the molecule is O=C(O)/C=C/c1ccsc1C(=O)NC1CCSC1. The second kappa shape index (κ2) is 6.06. The first kappa shape index (κ1) is 13.2. The van der Waals surface area contributed by atoms with Crippen molar-refractivity contribution in [3.63, 3.8) is 0 Å². The number of thiophene rings is 1. The molecule has 0 aromatic carbocycles. The number of carbonyl (C=O) groups excluding carboxylic acids is 1. The number of amides is 1. The summed E-state index contributed by atoms with van der Waals surface area (Å²) in [6, 6.07) is 1.99. The average molecular weight is 283 g/mol. The maximum absolute atomic E-state index is 12.0. The molecule has 1 fully saturated rings. The summed E-state index contributed by atoms with van der Waals surface area (Å²) >= 11 is 3.17. The molecule has 1 aliphatic rings. The van der Waals surface area contributed by atoms with Crippen LogP contribution < -0.4 is 5.32 Å². The van der Waals surface area contributed by atoms with E-state index in [4.69, 9.17) is 5.11 Å². The highest BCUT2D eigenvalue weighted by molar-refractivity contribution is 7.99. The number of rotatable bonds is 4. The molecule has 2 heterocycles. The summed E-state index contributed by atoms with van der Waals surface area (Å²) in [6.45, 7) is 0. The number of thioether (sulfide) groups is 1. The second-order valence-corrected chi connectivity index (χ2v) is 5.98. The van der Waals surface area contributed by atoms with Crippen molar-refractivity contribution in [1.82, 2.24) is 5.32 Å². The van der Waals surface area contributed by atoms with E-state index in [1.54, 1.807) is 11.4 Å². The Bertz CT molecular complexity index is 475. The van der Waals surface area contributed by atoms with Crippen LogP contribution in [0.3, 0.4) is 0 Å². The van der Waals surface area contributed by atoms with Crippen LogP contribution in [0.2, 0.25) is 0 Å². The minimum Gasteiger partial charge on any atom is -0.478 e. The molecule has 2 rings (SSSR count). The van der Waals surface area contributed by atoms with Crippen LogP contribution in [-0.2, 0) is 4.79 Å². The molecule has 1 aromatic heterocycles. The molecule has 1 aromatic rings. The zero-order valence-corrected chi connectivity index (χ0v) is 11.2. The van der Waals surface area contributed by atoms with Crippen LogP contribution in [0.1, 0.15) is 21.7 Å². The van der Waals surface area contributed by atoms with E-state index in [9.17, 15) is 9.59 Å². The first-order valence-corrected chi connectivity index (χ1v) is 7.57. The van der Waals surface area contributed by atoms with Gasteiger partial charge in [-0.3, -0.25) is 4.79 Å². The molecule has 18 heavy (non-hydrogen) atoms. The van der Waals surface area contributed by atoms with Crippen LogP contribution in [0.15, 0.2) is 17.5 Å². The zero-order chi connectivity index (χ0) is 13.0. The van der Waals surface area contributed by atoms with Gasteiger partial charge in [-0.05, 0) is 35.3 Å². The minimum absolute atomic E-state index is 0.109. The third-order valence-corrected chi connectivity index (χ3v) is 4.66. The Labute approximate surface area is 113 Å². The Morgan fingerprint density at radius 1 is 1.50 bits per heavy atom. The van der Waals surface area contributed by atoms with E-state index in [0.29, 0.717) is 10.4 Å². The summed E-state index contributed by atoms with van der Waals surface area (Å²) < 4.78 is 0. The van der Waals surface area contributed by atoms with E-state index in [0.717, 1.165) is 24.0 Å². The zero-order valence-electron chi connectivity index (χ0n) is 9.59. The number of nitrogens with one attached hydrogen (secondary N) is 1. The molecular weight excluding hydrogens is 270 g/mol. The van der Waals surface area contributed by atoms with Gasteiger partial charge in [0.05, 0.1) is 4.88 Å². The summed E-state index contributed by atoms with van der Waals surface area (Å²) in [5.41, 5.74) is 0.658. The predicted octanol–water partition coefficient (Wildman–Crippen LogP) is 2.08. The molecule has 1 atom stereocenters. The summed E-state index contributed by atoms with van der Waals surface area (Å²) in [7, 11) is 0. The van der Waals surface area contributed by atoms with E-state index in [1.165, 1.54) is 17.4 Å². The Morgan fingerprint density at radius 3 is 3.00 bits per heavy atom. The Balaban J connectivity index is 2.05. The van der Waals surface area contributed by atoms with Crippen molar-refractivity contribution in [2.24, 2.45) is 0 Å². The third-order valence-electron chi connectivity index (χ3n) is 2.57. The fraction of sp³-hybridized carbons (Fsp3) is 0.333. The quantitative estimate of drug-likeness (QED) is 0.830. The highest BCUT2D eigenvalue weighted by Gasteiger charge is 2.20. The predicted molar refractivity (Wildman–Crippen MR) is 74.2 cm³/mol. The van der Waals surface area contributed by atoms with Gasteiger partial charge in [-0.1, -0.05) is 0 Å². The molecule has 2 N–H and O–H groups in total. The van der Waals surface area contributed by atoms with Gasteiger partial charge in [0.25, 0.3) is 5.91 Å². The summed E-state index contributed by atoms with van der Waals surface area (Å²) in [6.07, 6.45) is 3.50. The lowest BCUT2D eigenvalue weighted by atomic mass is 10.2. The lowest BCUT2D eigenvalue weighted by Crippen LogP contribution is -2.34. The maximum atomic E-state index is 12.0. The molecule has 1 amide bonds. The highest BCUT2D eigenvalue weighted by Crippen LogP contribution is 2.21. The van der Waals surface area contributed by atoms with Crippen LogP contribution >= 0.6 is 23.1 Å². The lowest BCUT2D eigenvalue weighted by Gasteiger charge is -2.10. The van der Waals surface area contributed by atoms with Gasteiger partial charge in [-0.2, -0.15) is 11.8 Å². The van der Waals surface area contributed by atoms with Crippen molar-refractivity contribution in [3.8, 4) is 0 Å². The summed E-state index contributed by atoms with van der Waals surface area (Å²) in [4.78, 5) is 23.1. The fourth-order valence-corrected chi connectivity index (χ4v) is 3.64. The lowest BCUT2D eigenvalue weighted by molar-refractivity contribution is -0.131. The van der Waals surface area contributed by atoms with Crippen molar-refractivity contribution in [2.75, 3.05) is 11.5 Å². The molecule has 0 radical (unpaired) electrons. The number of hydrogen-bond donors (Lipinski definition) is 2. The summed E-state index contributed by atoms with van der Waals surface area (Å²) in [5, 5.41) is 13.4. The number of hydrogen-bond acceptors (Lipinski definition) is 4. The average Bonchev–Trinajstić information content (AvgIpc) is 2.96. The molecule has 0 saturated carbocycles. The monoisotopic (exact) mass is 283 g/mol. The van der Waals surface area contributed by atoms with Crippen LogP contribution in [-0.4, -0.2) is 34.5 Å². The van der Waals surface area contributed by atoms with Gasteiger partial charge in [-0.25, -0.2) is 4.79 Å². The van der Waals surface area contributed by atoms with Gasteiger partial charge < -0.3 is 10.4 Å². The topological polar surface area (TPSA) is 66.4 Å². The van der Waals surface area contributed by atoms with Gasteiger partial charge in [0.15, 0.2) is 0 Å². The molecule has 1 aliphatic heterocycles. The van der Waals surface area contributed by atoms with Gasteiger partial charge in [0.1, 0.15) is 0 Å². The molecule has 4 nitrogen and oxygen atoms in total. The molecular formula is C12H13NO3S2. The first-order valence-electron chi connectivity index (χ1n) is 5.54. The molecule has 96 valence electrons. The minimum atomic E-state index is -1.01. The van der Waals surface area contributed by atoms with Crippen molar-refractivity contribution in [2.45, 2.75) is 12.5 Å². The molecule has 0 aliphatic carbocycles. The molecule has 6 heteroatoms. The van der Waals surface area contributed by atoms with Crippen LogP contribution in [0, 0.1) is 0 Å². The van der Waals surface area contributed by atoms with Crippen molar-refractivity contribution >= 4 is 41.1 Å². The smallest absolute Gasteiger partial charge is 0.328 e. The molecule has 1 unspecified atom stereocenters.